The molecule has 25 heavy (non-hydrogen) atoms. The molecule has 2 heteroatoms. The van der Waals surface area contributed by atoms with Crippen molar-refractivity contribution in [2.45, 2.75) is 32.2 Å². The minimum atomic E-state index is 0.872. The number of rotatable bonds is 3. The maximum absolute atomic E-state index is 3.74. The Balaban J connectivity index is 1.60. The van der Waals surface area contributed by atoms with Gasteiger partial charge in [0.05, 0.1) is 0 Å². The van der Waals surface area contributed by atoms with Gasteiger partial charge in [-0.1, -0.05) is 70.5 Å². The molecule has 0 heterocycles. The van der Waals surface area contributed by atoms with Crippen LogP contribution in [-0.2, 0) is 32.2 Å². The molecule has 126 valence electrons. The van der Waals surface area contributed by atoms with Crippen molar-refractivity contribution in [1.29, 1.82) is 0 Å². The molecule has 0 unspecified atom stereocenters. The number of aryl methyl sites for hydroxylation is 4. The Hall–Kier alpha value is -2.06. The summed E-state index contributed by atoms with van der Waals surface area (Å²) in [7, 11) is 0. The van der Waals surface area contributed by atoms with Crippen LogP contribution in [0.25, 0.3) is 0 Å². The van der Waals surface area contributed by atoms with Crippen molar-refractivity contribution in [2.75, 3.05) is 5.32 Å². The van der Waals surface area contributed by atoms with Gasteiger partial charge < -0.3 is 5.32 Å². The molecule has 4 aliphatic carbocycles. The van der Waals surface area contributed by atoms with E-state index in [9.17, 15) is 0 Å². The lowest BCUT2D eigenvalue weighted by Gasteiger charge is -2.16. The van der Waals surface area contributed by atoms with Gasteiger partial charge in [-0.15, -0.1) is 0 Å². The first kappa shape index (κ1) is 16.4. The Bertz CT molecular complexity index is 871. The molecule has 3 aromatic carbocycles. The lowest BCUT2D eigenvalue weighted by atomic mass is 9.95. The fourth-order valence-corrected chi connectivity index (χ4v) is 4.09. The van der Waals surface area contributed by atoms with Crippen molar-refractivity contribution in [3.05, 3.63) is 99.0 Å². The van der Waals surface area contributed by atoms with E-state index < -0.39 is 0 Å². The summed E-state index contributed by atoms with van der Waals surface area (Å²) in [5.41, 5.74) is 8.20. The van der Waals surface area contributed by atoms with E-state index in [0.717, 1.165) is 32.2 Å². The first-order valence-electron chi connectivity index (χ1n) is 8.95. The molecule has 0 fully saturated rings. The van der Waals surface area contributed by atoms with Gasteiger partial charge in [0.25, 0.3) is 0 Å². The first-order chi connectivity index (χ1) is 12.3. The minimum Gasteiger partial charge on any atom is -0.381 e. The van der Waals surface area contributed by atoms with Crippen LogP contribution in [0, 0.1) is 0 Å². The Labute approximate surface area is 158 Å². The third-order valence-electron chi connectivity index (χ3n) is 4.98. The van der Waals surface area contributed by atoms with Crippen molar-refractivity contribution in [2.24, 2.45) is 0 Å². The molecule has 7 rings (SSSR count). The lowest BCUT2D eigenvalue weighted by Crippen LogP contribution is -2.06. The van der Waals surface area contributed by atoms with Crippen molar-refractivity contribution < 1.29 is 0 Å². The Morgan fingerprint density at radius 1 is 0.720 bits per heavy atom. The molecule has 4 bridgehead atoms. The van der Waals surface area contributed by atoms with E-state index in [1.54, 1.807) is 0 Å². The normalized spacial score (nSPS) is 13.3. The number of hydrogen-bond acceptors (Lipinski definition) is 1. The van der Waals surface area contributed by atoms with E-state index in [1.807, 2.05) is 0 Å². The largest absolute Gasteiger partial charge is 0.381 e. The molecule has 4 aliphatic rings. The van der Waals surface area contributed by atoms with Gasteiger partial charge in [-0.3, -0.25) is 0 Å². The molecule has 0 saturated carbocycles. The summed E-state index contributed by atoms with van der Waals surface area (Å²) < 4.78 is 1.25. The summed E-state index contributed by atoms with van der Waals surface area (Å²) in [4.78, 5) is 0. The van der Waals surface area contributed by atoms with E-state index >= 15 is 0 Å². The zero-order valence-electron chi connectivity index (χ0n) is 14.3. The second-order valence-corrected chi connectivity index (χ2v) is 7.61. The molecule has 0 saturated heterocycles. The van der Waals surface area contributed by atoms with Crippen LogP contribution in [0.2, 0.25) is 0 Å². The zero-order chi connectivity index (χ0) is 17.1. The monoisotopic (exact) mass is 391 g/mol. The second kappa shape index (κ2) is 7.45. The number of benzene rings is 3. The predicted octanol–water partition coefficient (Wildman–Crippen LogP) is 5.95. The third-order valence-corrected chi connectivity index (χ3v) is 5.72. The highest BCUT2D eigenvalue weighted by molar-refractivity contribution is 9.10. The van der Waals surface area contributed by atoms with E-state index in [-0.39, 0.29) is 0 Å². The fraction of sp³-hybridized carbons (Fsp3) is 0.217. The lowest BCUT2D eigenvalue weighted by molar-refractivity contribution is 0.914. The summed E-state index contributed by atoms with van der Waals surface area (Å²) in [6, 6.07) is 24.4. The van der Waals surface area contributed by atoms with Crippen LogP contribution in [0.4, 0.5) is 5.69 Å². The van der Waals surface area contributed by atoms with Crippen LogP contribution in [0.15, 0.2) is 71.2 Å². The number of nitrogens with one attached hydrogen (secondary N) is 1. The fourth-order valence-electron chi connectivity index (χ4n) is 3.46. The SMILES string of the molecule is Brc1cc2ccc1CCc1ccc(c(NCc3ccccc3)c1)CC2. The zero-order valence-corrected chi connectivity index (χ0v) is 15.9. The standard InChI is InChI=1S/C23H22BrN/c24-22-14-17-6-10-20(22)11-7-18-9-13-21(12-8-17)23(15-18)25-16-19-4-2-1-3-5-19/h1-6,9-10,13-15,25H,7-8,11-12,16H2. The van der Waals surface area contributed by atoms with Crippen LogP contribution < -0.4 is 5.32 Å². The van der Waals surface area contributed by atoms with Crippen molar-refractivity contribution >= 4 is 21.6 Å². The molecule has 0 spiro atoms. The quantitative estimate of drug-likeness (QED) is 0.581. The maximum atomic E-state index is 3.74. The van der Waals surface area contributed by atoms with Gasteiger partial charge in [0.15, 0.2) is 0 Å². The maximum Gasteiger partial charge on any atom is 0.0400 e. The highest BCUT2D eigenvalue weighted by Crippen LogP contribution is 2.26. The molecule has 0 radical (unpaired) electrons. The first-order valence-corrected chi connectivity index (χ1v) is 9.74. The Kier molecular flexibility index (Phi) is 4.89. The predicted molar refractivity (Wildman–Crippen MR) is 109 cm³/mol. The van der Waals surface area contributed by atoms with Gasteiger partial charge in [-0.25, -0.2) is 0 Å². The molecule has 3 aromatic rings. The molecule has 0 aliphatic heterocycles. The van der Waals surface area contributed by atoms with Crippen LogP contribution in [-0.4, -0.2) is 0 Å². The van der Waals surface area contributed by atoms with E-state index in [0.29, 0.717) is 0 Å². The highest BCUT2D eigenvalue weighted by Gasteiger charge is 2.09. The topological polar surface area (TPSA) is 12.0 Å². The van der Waals surface area contributed by atoms with Crippen molar-refractivity contribution in [1.82, 2.24) is 0 Å². The van der Waals surface area contributed by atoms with Gasteiger partial charge in [0, 0.05) is 16.7 Å². The number of halogens is 1. The Morgan fingerprint density at radius 3 is 2.16 bits per heavy atom. The number of anilines is 1. The molecule has 1 N–H and O–H groups in total. The average Bonchev–Trinajstić information content (AvgIpc) is 2.64. The molecule has 0 aromatic heterocycles. The molecule has 0 atom stereocenters. The molecule has 1 nitrogen and oxygen atoms in total. The van der Waals surface area contributed by atoms with E-state index in [1.165, 1.54) is 38.0 Å². The smallest absolute Gasteiger partial charge is 0.0400 e. The number of hydrogen-bond donors (Lipinski definition) is 1. The van der Waals surface area contributed by atoms with Crippen LogP contribution in [0.3, 0.4) is 0 Å². The highest BCUT2D eigenvalue weighted by atomic mass is 79.9. The Morgan fingerprint density at radius 2 is 1.40 bits per heavy atom. The van der Waals surface area contributed by atoms with Crippen LogP contribution >= 0.6 is 15.9 Å². The molecular formula is C23H22BrN. The molecule has 0 amide bonds. The minimum absolute atomic E-state index is 0.872. The van der Waals surface area contributed by atoms with Crippen LogP contribution in [0.1, 0.15) is 27.8 Å². The second-order valence-electron chi connectivity index (χ2n) is 6.76. The third kappa shape index (κ3) is 3.96. The van der Waals surface area contributed by atoms with Crippen molar-refractivity contribution in [3.8, 4) is 0 Å². The average molecular weight is 392 g/mol. The molecular weight excluding hydrogens is 370 g/mol. The van der Waals surface area contributed by atoms with Gasteiger partial charge in [0.2, 0.25) is 0 Å². The van der Waals surface area contributed by atoms with Gasteiger partial charge >= 0.3 is 0 Å². The van der Waals surface area contributed by atoms with Gasteiger partial charge in [-0.2, -0.15) is 0 Å². The summed E-state index contributed by atoms with van der Waals surface area (Å²) in [6.07, 6.45) is 4.26. The summed E-state index contributed by atoms with van der Waals surface area (Å²) in [5, 5.41) is 3.67. The summed E-state index contributed by atoms with van der Waals surface area (Å²) in [5.74, 6) is 0. The van der Waals surface area contributed by atoms with E-state index in [4.69, 9.17) is 0 Å². The van der Waals surface area contributed by atoms with Gasteiger partial charge in [-0.05, 0) is 65.6 Å². The summed E-state index contributed by atoms with van der Waals surface area (Å²) in [6.45, 7) is 0.872. The summed E-state index contributed by atoms with van der Waals surface area (Å²) >= 11 is 3.74. The van der Waals surface area contributed by atoms with Gasteiger partial charge in [0.1, 0.15) is 0 Å². The van der Waals surface area contributed by atoms with Crippen molar-refractivity contribution in [3.63, 3.8) is 0 Å². The van der Waals surface area contributed by atoms with Crippen LogP contribution in [0.5, 0.6) is 0 Å². The van der Waals surface area contributed by atoms with E-state index in [2.05, 4.69) is 88.0 Å².